The molecule has 0 aromatic rings. The first-order valence-electron chi connectivity index (χ1n) is 4.38. The van der Waals surface area contributed by atoms with Gasteiger partial charge in [0, 0.05) is 17.8 Å². The molecule has 0 radical (unpaired) electrons. The summed E-state index contributed by atoms with van der Waals surface area (Å²) >= 11 is 1.94. The lowest BCUT2D eigenvalue weighted by molar-refractivity contribution is 0.237. The van der Waals surface area contributed by atoms with Gasteiger partial charge < -0.3 is 4.90 Å². The number of nitrogens with zero attached hydrogens (tertiary/aromatic N) is 1. The van der Waals surface area contributed by atoms with Gasteiger partial charge in [-0.05, 0) is 26.6 Å². The van der Waals surface area contributed by atoms with Crippen LogP contribution in [-0.4, -0.2) is 35.5 Å². The third kappa shape index (κ3) is 4.70. The van der Waals surface area contributed by atoms with Crippen LogP contribution in [0.1, 0.15) is 27.7 Å². The maximum Gasteiger partial charge on any atom is 0.0144 e. The minimum atomic E-state index is 0.689. The Hall–Kier alpha value is 0.310. The Morgan fingerprint density at radius 1 is 1.27 bits per heavy atom. The van der Waals surface area contributed by atoms with Gasteiger partial charge in [0.15, 0.2) is 0 Å². The molecule has 0 spiro atoms. The molecule has 0 bridgehead atoms. The van der Waals surface area contributed by atoms with Gasteiger partial charge in [-0.3, -0.25) is 0 Å². The van der Waals surface area contributed by atoms with E-state index in [1.165, 1.54) is 13.1 Å². The normalized spacial score (nSPS) is 14.5. The van der Waals surface area contributed by atoms with Gasteiger partial charge in [0.1, 0.15) is 0 Å². The van der Waals surface area contributed by atoms with Gasteiger partial charge in [-0.25, -0.2) is 0 Å². The first-order valence-corrected chi connectivity index (χ1v) is 5.67. The van der Waals surface area contributed by atoms with E-state index in [4.69, 9.17) is 0 Å². The van der Waals surface area contributed by atoms with Crippen LogP contribution in [0.15, 0.2) is 0 Å². The van der Waals surface area contributed by atoms with E-state index in [0.29, 0.717) is 6.04 Å². The third-order valence-corrected chi connectivity index (χ3v) is 2.98. The van der Waals surface area contributed by atoms with Crippen LogP contribution >= 0.6 is 11.8 Å². The van der Waals surface area contributed by atoms with Crippen molar-refractivity contribution in [2.45, 2.75) is 39.0 Å². The number of thioether (sulfide) groups is 1. The van der Waals surface area contributed by atoms with Gasteiger partial charge in [-0.2, -0.15) is 11.8 Å². The molecule has 0 N–H and O–H groups in total. The lowest BCUT2D eigenvalue weighted by Gasteiger charge is -2.27. The lowest BCUT2D eigenvalue weighted by Crippen LogP contribution is -2.35. The van der Waals surface area contributed by atoms with Gasteiger partial charge in [-0.15, -0.1) is 0 Å². The van der Waals surface area contributed by atoms with Crippen molar-refractivity contribution in [2.75, 3.05) is 19.3 Å². The summed E-state index contributed by atoms with van der Waals surface area (Å²) in [4.78, 5) is 2.50. The second-order valence-electron chi connectivity index (χ2n) is 3.23. The fourth-order valence-corrected chi connectivity index (χ4v) is 1.45. The van der Waals surface area contributed by atoms with E-state index < -0.39 is 0 Å². The van der Waals surface area contributed by atoms with Crippen LogP contribution in [0.25, 0.3) is 0 Å². The summed E-state index contributed by atoms with van der Waals surface area (Å²) in [6, 6.07) is 0.689. The summed E-state index contributed by atoms with van der Waals surface area (Å²) in [6.07, 6.45) is 2.18. The van der Waals surface area contributed by atoms with Gasteiger partial charge in [-0.1, -0.05) is 13.8 Å². The van der Waals surface area contributed by atoms with E-state index >= 15 is 0 Å². The van der Waals surface area contributed by atoms with Crippen LogP contribution in [0, 0.1) is 0 Å². The van der Waals surface area contributed by atoms with Crippen LogP contribution < -0.4 is 0 Å². The van der Waals surface area contributed by atoms with Crippen LogP contribution in [0.4, 0.5) is 0 Å². The molecular formula is C9H21NS. The van der Waals surface area contributed by atoms with E-state index in [1.54, 1.807) is 0 Å². The summed E-state index contributed by atoms with van der Waals surface area (Å²) in [5.41, 5.74) is 0. The maximum atomic E-state index is 2.50. The Morgan fingerprint density at radius 3 is 2.09 bits per heavy atom. The lowest BCUT2D eigenvalue weighted by atomic mass is 10.3. The van der Waals surface area contributed by atoms with Crippen molar-refractivity contribution in [3.8, 4) is 0 Å². The first kappa shape index (κ1) is 11.3. The molecule has 0 aromatic heterocycles. The number of rotatable bonds is 5. The summed E-state index contributed by atoms with van der Waals surface area (Å²) < 4.78 is 0. The minimum absolute atomic E-state index is 0.689. The molecule has 68 valence electrons. The summed E-state index contributed by atoms with van der Waals surface area (Å²) in [7, 11) is 0. The Bertz CT molecular complexity index is 93.6. The molecule has 0 fully saturated rings. The fraction of sp³-hybridized carbons (Fsp3) is 1.00. The van der Waals surface area contributed by atoms with Crippen LogP contribution in [0.5, 0.6) is 0 Å². The molecule has 2 heteroatoms. The van der Waals surface area contributed by atoms with Crippen molar-refractivity contribution in [2.24, 2.45) is 0 Å². The van der Waals surface area contributed by atoms with Crippen molar-refractivity contribution in [3.05, 3.63) is 0 Å². The summed E-state index contributed by atoms with van der Waals surface area (Å²) in [5, 5.41) is 0.761. The van der Waals surface area contributed by atoms with Gasteiger partial charge in [0.25, 0.3) is 0 Å². The average molecular weight is 175 g/mol. The highest BCUT2D eigenvalue weighted by atomic mass is 32.2. The molecule has 0 aliphatic rings. The molecular weight excluding hydrogens is 154 g/mol. The second-order valence-corrected chi connectivity index (χ2v) is 4.50. The summed E-state index contributed by atoms with van der Waals surface area (Å²) in [6.45, 7) is 11.4. The monoisotopic (exact) mass is 175 g/mol. The average Bonchev–Trinajstić information content (AvgIpc) is 1.99. The van der Waals surface area contributed by atoms with Crippen molar-refractivity contribution < 1.29 is 0 Å². The Morgan fingerprint density at radius 2 is 1.82 bits per heavy atom. The van der Waals surface area contributed by atoms with Gasteiger partial charge in [0.2, 0.25) is 0 Å². The zero-order valence-corrected chi connectivity index (χ0v) is 9.24. The Balaban J connectivity index is 3.68. The molecule has 0 aliphatic heterocycles. The second kappa shape index (κ2) is 5.90. The Kier molecular flexibility index (Phi) is 6.06. The quantitative estimate of drug-likeness (QED) is 0.631. The fourth-order valence-electron chi connectivity index (χ4n) is 1.11. The molecule has 0 saturated heterocycles. The van der Waals surface area contributed by atoms with Crippen LogP contribution in [-0.2, 0) is 0 Å². The largest absolute Gasteiger partial charge is 0.300 e. The van der Waals surface area contributed by atoms with Crippen LogP contribution in [0.2, 0.25) is 0 Å². The van der Waals surface area contributed by atoms with Crippen molar-refractivity contribution >= 4 is 11.8 Å². The van der Waals surface area contributed by atoms with Crippen molar-refractivity contribution in [1.82, 2.24) is 4.90 Å². The molecule has 0 amide bonds. The molecule has 1 atom stereocenters. The van der Waals surface area contributed by atoms with Crippen molar-refractivity contribution in [3.63, 3.8) is 0 Å². The minimum Gasteiger partial charge on any atom is -0.300 e. The molecule has 0 heterocycles. The SMILES string of the molecule is CCN(CC(C)SC)C(C)C. The van der Waals surface area contributed by atoms with E-state index in [-0.39, 0.29) is 0 Å². The molecule has 1 unspecified atom stereocenters. The van der Waals surface area contributed by atoms with E-state index in [0.717, 1.165) is 5.25 Å². The maximum absolute atomic E-state index is 2.50. The smallest absolute Gasteiger partial charge is 0.0144 e. The van der Waals surface area contributed by atoms with Crippen LogP contribution in [0.3, 0.4) is 0 Å². The molecule has 0 rings (SSSR count). The Labute approximate surface area is 75.5 Å². The van der Waals surface area contributed by atoms with Crippen molar-refractivity contribution in [1.29, 1.82) is 0 Å². The predicted molar refractivity (Wildman–Crippen MR) is 55.4 cm³/mol. The highest BCUT2D eigenvalue weighted by Gasteiger charge is 2.09. The van der Waals surface area contributed by atoms with E-state index in [2.05, 4.69) is 38.9 Å². The predicted octanol–water partition coefficient (Wildman–Crippen LogP) is 2.47. The number of hydrogen-bond donors (Lipinski definition) is 0. The first-order chi connectivity index (χ1) is 5.11. The van der Waals surface area contributed by atoms with E-state index in [9.17, 15) is 0 Å². The molecule has 11 heavy (non-hydrogen) atoms. The van der Waals surface area contributed by atoms with Gasteiger partial charge in [0.05, 0.1) is 0 Å². The summed E-state index contributed by atoms with van der Waals surface area (Å²) in [5.74, 6) is 0. The molecule has 0 aliphatic carbocycles. The van der Waals surface area contributed by atoms with Gasteiger partial charge >= 0.3 is 0 Å². The molecule has 0 aromatic carbocycles. The third-order valence-electron chi connectivity index (χ3n) is 2.03. The topological polar surface area (TPSA) is 3.24 Å². The zero-order chi connectivity index (χ0) is 8.85. The molecule has 1 nitrogen and oxygen atoms in total. The van der Waals surface area contributed by atoms with E-state index in [1.807, 2.05) is 11.8 Å². The standard InChI is InChI=1S/C9H21NS/c1-6-10(8(2)3)7-9(4)11-5/h8-9H,6-7H2,1-5H3. The zero-order valence-electron chi connectivity index (χ0n) is 8.42. The number of hydrogen-bond acceptors (Lipinski definition) is 2. The highest BCUT2D eigenvalue weighted by molar-refractivity contribution is 7.99. The molecule has 0 saturated carbocycles. The highest BCUT2D eigenvalue weighted by Crippen LogP contribution is 2.09.